The summed E-state index contributed by atoms with van der Waals surface area (Å²) in [6.45, 7) is 4.30. The van der Waals surface area contributed by atoms with Gasteiger partial charge in [0.1, 0.15) is 5.82 Å². The van der Waals surface area contributed by atoms with Crippen LogP contribution in [-0.2, 0) is 13.0 Å². The first-order valence-corrected chi connectivity index (χ1v) is 5.61. The van der Waals surface area contributed by atoms with E-state index in [-0.39, 0.29) is 5.56 Å². The standard InChI is InChI=1S/C10H14ClN3O/c1-7-12-9-6-14(5-3-11)4-2-8(9)10(15)13-7/h2-6H2,1H3,(H,12,13,15). The molecule has 0 bridgehead atoms. The molecule has 0 spiro atoms. The first-order valence-electron chi connectivity index (χ1n) is 5.07. The van der Waals surface area contributed by atoms with Gasteiger partial charge in [-0.25, -0.2) is 4.98 Å². The number of aromatic amines is 1. The number of nitrogens with zero attached hydrogens (tertiary/aromatic N) is 2. The first kappa shape index (κ1) is 10.6. The highest BCUT2D eigenvalue weighted by molar-refractivity contribution is 6.18. The van der Waals surface area contributed by atoms with Crippen LogP contribution in [0.3, 0.4) is 0 Å². The molecule has 0 amide bonds. The fraction of sp³-hybridized carbons (Fsp3) is 0.600. The van der Waals surface area contributed by atoms with Gasteiger partial charge < -0.3 is 4.98 Å². The summed E-state index contributed by atoms with van der Waals surface area (Å²) in [4.78, 5) is 20.9. The summed E-state index contributed by atoms with van der Waals surface area (Å²) in [5.41, 5.74) is 1.77. The monoisotopic (exact) mass is 227 g/mol. The average Bonchev–Trinajstić information content (AvgIpc) is 2.17. The molecule has 15 heavy (non-hydrogen) atoms. The van der Waals surface area contributed by atoms with Crippen LogP contribution in [0.1, 0.15) is 17.1 Å². The van der Waals surface area contributed by atoms with Crippen LogP contribution in [0.2, 0.25) is 0 Å². The Morgan fingerprint density at radius 1 is 1.60 bits per heavy atom. The summed E-state index contributed by atoms with van der Waals surface area (Å²) in [7, 11) is 0. The molecule has 0 radical (unpaired) electrons. The van der Waals surface area contributed by atoms with Crippen molar-refractivity contribution < 1.29 is 0 Å². The van der Waals surface area contributed by atoms with E-state index in [4.69, 9.17) is 11.6 Å². The third-order valence-corrected chi connectivity index (χ3v) is 2.84. The zero-order valence-corrected chi connectivity index (χ0v) is 9.47. The second-order valence-electron chi connectivity index (χ2n) is 3.79. The number of hydrogen-bond acceptors (Lipinski definition) is 3. The van der Waals surface area contributed by atoms with Crippen molar-refractivity contribution in [2.24, 2.45) is 0 Å². The van der Waals surface area contributed by atoms with E-state index in [2.05, 4.69) is 14.9 Å². The van der Waals surface area contributed by atoms with Crippen LogP contribution in [-0.4, -0.2) is 33.8 Å². The Kier molecular flexibility index (Phi) is 3.07. The van der Waals surface area contributed by atoms with Gasteiger partial charge in [0.05, 0.1) is 5.69 Å². The van der Waals surface area contributed by atoms with Crippen LogP contribution < -0.4 is 5.56 Å². The highest BCUT2D eigenvalue weighted by Gasteiger charge is 2.19. The third kappa shape index (κ3) is 2.21. The van der Waals surface area contributed by atoms with Gasteiger partial charge in [-0.3, -0.25) is 9.69 Å². The highest BCUT2D eigenvalue weighted by Crippen LogP contribution is 2.13. The van der Waals surface area contributed by atoms with Crippen molar-refractivity contribution in [3.8, 4) is 0 Å². The molecule has 1 aliphatic heterocycles. The number of fused-ring (bicyclic) bond motifs is 1. The Bertz CT molecular complexity index is 416. The zero-order chi connectivity index (χ0) is 10.8. The van der Waals surface area contributed by atoms with Crippen LogP contribution in [0.15, 0.2) is 4.79 Å². The Hall–Kier alpha value is -0.870. The van der Waals surface area contributed by atoms with Crippen LogP contribution >= 0.6 is 11.6 Å². The van der Waals surface area contributed by atoms with Crippen molar-refractivity contribution >= 4 is 11.6 Å². The third-order valence-electron chi connectivity index (χ3n) is 2.67. The Labute approximate surface area is 93.3 Å². The molecule has 2 heterocycles. The molecule has 0 aromatic carbocycles. The van der Waals surface area contributed by atoms with E-state index < -0.39 is 0 Å². The van der Waals surface area contributed by atoms with E-state index in [1.807, 2.05) is 6.92 Å². The highest BCUT2D eigenvalue weighted by atomic mass is 35.5. The van der Waals surface area contributed by atoms with E-state index in [1.54, 1.807) is 0 Å². The SMILES string of the molecule is Cc1nc2c(c(=O)[nH]1)CCN(CCCl)C2. The van der Waals surface area contributed by atoms with Gasteiger partial charge >= 0.3 is 0 Å². The van der Waals surface area contributed by atoms with Crippen molar-refractivity contribution in [1.29, 1.82) is 0 Å². The van der Waals surface area contributed by atoms with Crippen LogP contribution in [0.25, 0.3) is 0 Å². The molecule has 0 fully saturated rings. The normalized spacial score (nSPS) is 16.4. The maximum Gasteiger partial charge on any atom is 0.254 e. The van der Waals surface area contributed by atoms with Gasteiger partial charge in [-0.15, -0.1) is 11.6 Å². The number of aromatic nitrogens is 2. The fourth-order valence-electron chi connectivity index (χ4n) is 1.93. The summed E-state index contributed by atoms with van der Waals surface area (Å²) in [6.07, 6.45) is 0.773. The second-order valence-corrected chi connectivity index (χ2v) is 4.17. The quantitative estimate of drug-likeness (QED) is 0.756. The summed E-state index contributed by atoms with van der Waals surface area (Å²) >= 11 is 5.69. The van der Waals surface area contributed by atoms with Crippen molar-refractivity contribution in [1.82, 2.24) is 14.9 Å². The molecular formula is C10H14ClN3O. The molecular weight excluding hydrogens is 214 g/mol. The van der Waals surface area contributed by atoms with Gasteiger partial charge in [-0.05, 0) is 13.3 Å². The molecule has 0 atom stereocenters. The van der Waals surface area contributed by atoms with Gasteiger partial charge in [0.2, 0.25) is 0 Å². The smallest absolute Gasteiger partial charge is 0.254 e. The summed E-state index contributed by atoms with van der Waals surface area (Å²) in [5, 5.41) is 0. The lowest BCUT2D eigenvalue weighted by Crippen LogP contribution is -2.36. The van der Waals surface area contributed by atoms with Crippen LogP contribution in [0.4, 0.5) is 0 Å². The van der Waals surface area contributed by atoms with Gasteiger partial charge in [-0.2, -0.15) is 0 Å². The lowest BCUT2D eigenvalue weighted by molar-refractivity contribution is 0.264. The molecule has 0 aliphatic carbocycles. The van der Waals surface area contributed by atoms with E-state index in [0.29, 0.717) is 11.7 Å². The van der Waals surface area contributed by atoms with Crippen molar-refractivity contribution in [3.05, 3.63) is 27.4 Å². The topological polar surface area (TPSA) is 49.0 Å². The van der Waals surface area contributed by atoms with Gasteiger partial charge in [-0.1, -0.05) is 0 Å². The van der Waals surface area contributed by atoms with Crippen molar-refractivity contribution in [3.63, 3.8) is 0 Å². The van der Waals surface area contributed by atoms with E-state index in [9.17, 15) is 4.79 Å². The molecule has 1 N–H and O–H groups in total. The number of rotatable bonds is 2. The molecule has 1 aromatic rings. The van der Waals surface area contributed by atoms with E-state index in [1.165, 1.54) is 0 Å². The molecule has 2 rings (SSSR count). The molecule has 1 aliphatic rings. The van der Waals surface area contributed by atoms with E-state index >= 15 is 0 Å². The predicted molar refractivity (Wildman–Crippen MR) is 59.3 cm³/mol. The molecule has 0 saturated heterocycles. The molecule has 82 valence electrons. The minimum Gasteiger partial charge on any atom is -0.311 e. The number of nitrogens with one attached hydrogen (secondary N) is 1. The zero-order valence-electron chi connectivity index (χ0n) is 8.72. The average molecular weight is 228 g/mol. The Balaban J connectivity index is 2.29. The van der Waals surface area contributed by atoms with Gasteiger partial charge in [0, 0.05) is 31.1 Å². The summed E-state index contributed by atoms with van der Waals surface area (Å²) < 4.78 is 0. The Morgan fingerprint density at radius 3 is 3.13 bits per heavy atom. The molecule has 0 saturated carbocycles. The minimum absolute atomic E-state index is 0.0167. The molecule has 4 nitrogen and oxygen atoms in total. The largest absolute Gasteiger partial charge is 0.311 e. The Morgan fingerprint density at radius 2 is 2.40 bits per heavy atom. The van der Waals surface area contributed by atoms with E-state index in [0.717, 1.165) is 37.3 Å². The van der Waals surface area contributed by atoms with Gasteiger partial charge in [0.15, 0.2) is 0 Å². The number of halogens is 1. The maximum atomic E-state index is 11.6. The lowest BCUT2D eigenvalue weighted by atomic mass is 10.1. The molecule has 0 unspecified atom stereocenters. The van der Waals surface area contributed by atoms with Crippen LogP contribution in [0, 0.1) is 6.92 Å². The number of hydrogen-bond donors (Lipinski definition) is 1. The maximum absolute atomic E-state index is 11.6. The summed E-state index contributed by atoms with van der Waals surface area (Å²) in [5.74, 6) is 1.31. The second kappa shape index (κ2) is 4.33. The molecule has 1 aromatic heterocycles. The van der Waals surface area contributed by atoms with Crippen molar-refractivity contribution in [2.45, 2.75) is 19.9 Å². The number of aryl methyl sites for hydroxylation is 1. The minimum atomic E-state index is 0.0167. The number of alkyl halides is 1. The fourth-order valence-corrected chi connectivity index (χ4v) is 2.17. The predicted octanol–water partition coefficient (Wildman–Crippen LogP) is 0.675. The lowest BCUT2D eigenvalue weighted by Gasteiger charge is -2.26. The van der Waals surface area contributed by atoms with Crippen LogP contribution in [0.5, 0.6) is 0 Å². The number of H-pyrrole nitrogens is 1. The van der Waals surface area contributed by atoms with Crippen molar-refractivity contribution in [2.75, 3.05) is 19.0 Å². The first-order chi connectivity index (χ1) is 7.20. The molecule has 5 heteroatoms. The summed E-state index contributed by atoms with van der Waals surface area (Å²) in [6, 6.07) is 0. The van der Waals surface area contributed by atoms with Gasteiger partial charge in [0.25, 0.3) is 5.56 Å².